The van der Waals surface area contributed by atoms with Gasteiger partial charge in [-0.1, -0.05) is 70.2 Å². The van der Waals surface area contributed by atoms with E-state index >= 15 is 0 Å². The maximum atomic E-state index is 13.4. The lowest BCUT2D eigenvalue weighted by molar-refractivity contribution is -0.152. The van der Waals surface area contributed by atoms with Gasteiger partial charge >= 0.3 is 0 Å². The highest BCUT2D eigenvalue weighted by atomic mass is 16.7. The van der Waals surface area contributed by atoms with Crippen molar-refractivity contribution in [3.05, 3.63) is 83.6 Å². The molecule has 2 N–H and O–H groups in total. The summed E-state index contributed by atoms with van der Waals surface area (Å²) < 4.78 is 12.1. The molecule has 3 saturated heterocycles. The average Bonchev–Trinajstić information content (AvgIpc) is 4.04. The van der Waals surface area contributed by atoms with Crippen LogP contribution >= 0.6 is 0 Å². The predicted octanol–water partition coefficient (Wildman–Crippen LogP) is 9.11. The van der Waals surface area contributed by atoms with Gasteiger partial charge in [-0.15, -0.1) is 0 Å². The van der Waals surface area contributed by atoms with E-state index in [9.17, 15) is 9.59 Å². The van der Waals surface area contributed by atoms with Crippen molar-refractivity contribution in [3.8, 4) is 33.5 Å². The second kappa shape index (κ2) is 14.2. The summed E-state index contributed by atoms with van der Waals surface area (Å²) in [7, 11) is 0. The number of aromatic amines is 2. The number of nitrogens with one attached hydrogen (secondary N) is 2. The maximum absolute atomic E-state index is 13.4. The van der Waals surface area contributed by atoms with Gasteiger partial charge in [-0.2, -0.15) is 0 Å². The molecular formula is C47H54N6O4. The predicted molar refractivity (Wildman–Crippen MR) is 220 cm³/mol. The van der Waals surface area contributed by atoms with Crippen LogP contribution in [0.4, 0.5) is 0 Å². The van der Waals surface area contributed by atoms with Crippen molar-refractivity contribution in [3.63, 3.8) is 0 Å². The third-order valence-electron chi connectivity index (χ3n) is 13.3. The van der Waals surface area contributed by atoms with E-state index in [2.05, 4.69) is 92.3 Å². The number of amides is 2. The van der Waals surface area contributed by atoms with Gasteiger partial charge in [0.25, 0.3) is 0 Å². The van der Waals surface area contributed by atoms with Gasteiger partial charge in [0.2, 0.25) is 11.8 Å². The fourth-order valence-corrected chi connectivity index (χ4v) is 10.5. The Labute approximate surface area is 334 Å². The van der Waals surface area contributed by atoms with Crippen LogP contribution in [0.3, 0.4) is 0 Å². The molecule has 5 aliphatic rings. The Morgan fingerprint density at radius 3 is 2.26 bits per heavy atom. The van der Waals surface area contributed by atoms with Gasteiger partial charge in [-0.3, -0.25) is 9.59 Å². The molecule has 1 saturated carbocycles. The number of imidazole rings is 2. The molecule has 1 spiro atoms. The highest BCUT2D eigenvalue weighted by Gasteiger charge is 2.51. The molecule has 3 aromatic carbocycles. The summed E-state index contributed by atoms with van der Waals surface area (Å²) in [6.45, 7) is 10.7. The van der Waals surface area contributed by atoms with Crippen molar-refractivity contribution in [2.75, 3.05) is 26.3 Å². The summed E-state index contributed by atoms with van der Waals surface area (Å²) in [4.78, 5) is 47.4. The molecular weight excluding hydrogens is 713 g/mol. The number of rotatable bonds is 9. The Hall–Kier alpha value is -4.80. The quantitative estimate of drug-likeness (QED) is 0.155. The number of fused-ring (bicyclic) bond motifs is 4. The Morgan fingerprint density at radius 1 is 0.807 bits per heavy atom. The summed E-state index contributed by atoms with van der Waals surface area (Å²) in [6.07, 6.45) is 9.13. The molecule has 4 fully saturated rings. The number of hydrogen-bond acceptors (Lipinski definition) is 6. The summed E-state index contributed by atoms with van der Waals surface area (Å²) in [5.41, 5.74) is 12.1. The first kappa shape index (κ1) is 36.5. The molecule has 2 aromatic heterocycles. The Morgan fingerprint density at radius 2 is 1.53 bits per heavy atom. The van der Waals surface area contributed by atoms with Crippen LogP contribution in [0.1, 0.15) is 113 Å². The largest absolute Gasteiger partial charge is 0.346 e. The van der Waals surface area contributed by atoms with Crippen LogP contribution in [-0.2, 0) is 25.5 Å². The van der Waals surface area contributed by atoms with E-state index in [1.54, 1.807) is 0 Å². The molecule has 2 aliphatic carbocycles. The SMILES string of the molecule is CC(C)CC(=O)N1CC2(C[C@H]1c1ncc(-c3ccc(-c4ccc(-c5ccc6nc([C@@H]7CCCN7C(=O)CC(C)C)[nH]c6c5)c5c4C4CCC4C5)cc3)[nH]1)OCCO2. The molecule has 57 heavy (non-hydrogen) atoms. The van der Waals surface area contributed by atoms with Crippen molar-refractivity contribution in [2.45, 2.75) is 103 Å². The summed E-state index contributed by atoms with van der Waals surface area (Å²) >= 11 is 0. The Kier molecular flexibility index (Phi) is 9.13. The minimum absolute atomic E-state index is 0.0187. The standard InChI is InChI=1S/C47H54N6O4/c1-27(2)20-42(54)52-17-5-6-40(52)46-49-37-16-12-32(23-38(37)50-46)33-14-15-34(44-35-13-11-31(35)22-36(33)44)29-7-9-30(10-8-29)39-25-48-45(51-39)41-24-47(56-18-19-57-47)26-53(41)43(55)21-28(3)4/h7-10,12,14-16,23,25,27-28,31,35,40-41H,5-6,11,13,17-22,24,26H2,1-4H3,(H,48,51)(H,49,50)/t31?,35?,40-,41-/m0/s1. The van der Waals surface area contributed by atoms with Crippen molar-refractivity contribution in [1.29, 1.82) is 0 Å². The van der Waals surface area contributed by atoms with Crippen LogP contribution in [0.2, 0.25) is 0 Å². The Bertz CT molecular complexity index is 2340. The normalized spacial score (nSPS) is 23.6. The van der Waals surface area contributed by atoms with Crippen molar-refractivity contribution < 1.29 is 19.1 Å². The second-order valence-electron chi connectivity index (χ2n) is 18.1. The van der Waals surface area contributed by atoms with Gasteiger partial charge in [0.15, 0.2) is 5.79 Å². The van der Waals surface area contributed by atoms with Gasteiger partial charge in [0.05, 0.1) is 54.8 Å². The number of H-pyrrole nitrogens is 2. The van der Waals surface area contributed by atoms with Crippen LogP contribution < -0.4 is 0 Å². The number of carbonyl (C=O) groups is 2. The third kappa shape index (κ3) is 6.49. The highest BCUT2D eigenvalue weighted by Crippen LogP contribution is 2.56. The highest BCUT2D eigenvalue weighted by molar-refractivity contribution is 5.86. The van der Waals surface area contributed by atoms with Gasteiger partial charge < -0.3 is 29.2 Å². The number of likely N-dealkylation sites (tertiary alicyclic amines) is 2. The van der Waals surface area contributed by atoms with Gasteiger partial charge in [0.1, 0.15) is 11.6 Å². The van der Waals surface area contributed by atoms with Gasteiger partial charge in [-0.05, 0) is 107 Å². The topological polar surface area (TPSA) is 116 Å². The minimum Gasteiger partial charge on any atom is -0.346 e. The lowest BCUT2D eigenvalue weighted by atomic mass is 9.73. The van der Waals surface area contributed by atoms with Crippen molar-refractivity contribution in [2.24, 2.45) is 17.8 Å². The molecule has 2 unspecified atom stereocenters. The molecule has 5 aromatic rings. The van der Waals surface area contributed by atoms with Crippen molar-refractivity contribution >= 4 is 22.8 Å². The van der Waals surface area contributed by atoms with Gasteiger partial charge in [-0.25, -0.2) is 9.97 Å². The van der Waals surface area contributed by atoms with E-state index in [0.29, 0.717) is 56.8 Å². The Balaban J connectivity index is 0.914. The fourth-order valence-electron chi connectivity index (χ4n) is 10.5. The molecule has 0 radical (unpaired) electrons. The maximum Gasteiger partial charge on any atom is 0.223 e. The second-order valence-corrected chi connectivity index (χ2v) is 18.1. The zero-order valence-electron chi connectivity index (χ0n) is 33.6. The first-order chi connectivity index (χ1) is 27.6. The molecule has 5 heterocycles. The number of benzene rings is 3. The number of nitrogens with zero attached hydrogens (tertiary/aromatic N) is 4. The van der Waals surface area contributed by atoms with Crippen LogP contribution in [0.25, 0.3) is 44.5 Å². The first-order valence-corrected chi connectivity index (χ1v) is 21.3. The molecule has 296 valence electrons. The molecule has 3 aliphatic heterocycles. The zero-order chi connectivity index (χ0) is 39.0. The number of ether oxygens (including phenoxy) is 2. The molecule has 10 nitrogen and oxygen atoms in total. The molecule has 0 bridgehead atoms. The van der Waals surface area contributed by atoms with Gasteiger partial charge in [0, 0.05) is 25.8 Å². The summed E-state index contributed by atoms with van der Waals surface area (Å²) in [6, 6.07) is 20.0. The monoisotopic (exact) mass is 766 g/mol. The van der Waals surface area contributed by atoms with E-state index in [4.69, 9.17) is 19.4 Å². The minimum atomic E-state index is -0.746. The number of carbonyl (C=O) groups excluding carboxylic acids is 2. The van der Waals surface area contributed by atoms with Crippen LogP contribution in [0.5, 0.6) is 0 Å². The third-order valence-corrected chi connectivity index (χ3v) is 13.3. The molecule has 4 atom stereocenters. The van der Waals surface area contributed by atoms with Crippen LogP contribution in [0, 0.1) is 17.8 Å². The summed E-state index contributed by atoms with van der Waals surface area (Å²) in [5, 5.41) is 0. The number of aromatic nitrogens is 4. The fraction of sp³-hybridized carbons (Fsp3) is 0.489. The average molecular weight is 767 g/mol. The van der Waals surface area contributed by atoms with E-state index in [0.717, 1.165) is 59.7 Å². The van der Waals surface area contributed by atoms with Crippen molar-refractivity contribution in [1.82, 2.24) is 29.7 Å². The van der Waals surface area contributed by atoms with E-state index < -0.39 is 5.79 Å². The summed E-state index contributed by atoms with van der Waals surface area (Å²) in [5.74, 6) is 3.20. The lowest BCUT2D eigenvalue weighted by Gasteiger charge is -2.31. The van der Waals surface area contributed by atoms with Crippen LogP contribution in [0.15, 0.2) is 60.8 Å². The number of hydrogen-bond donors (Lipinski definition) is 2. The van der Waals surface area contributed by atoms with Crippen LogP contribution in [-0.4, -0.2) is 73.6 Å². The first-order valence-electron chi connectivity index (χ1n) is 21.3. The zero-order valence-corrected chi connectivity index (χ0v) is 33.6. The van der Waals surface area contributed by atoms with E-state index in [1.165, 1.54) is 46.2 Å². The lowest BCUT2D eigenvalue weighted by Crippen LogP contribution is -2.37. The van der Waals surface area contributed by atoms with E-state index in [1.807, 2.05) is 16.0 Å². The molecule has 2 amide bonds. The van der Waals surface area contributed by atoms with E-state index in [-0.39, 0.29) is 29.8 Å². The molecule has 10 rings (SSSR count). The smallest absolute Gasteiger partial charge is 0.223 e. The molecule has 10 heteroatoms.